The van der Waals surface area contributed by atoms with Gasteiger partial charge in [-0.3, -0.25) is 9.13 Å². The molecule has 15 aromatic rings. The molecule has 0 saturated heterocycles. The second-order valence-corrected chi connectivity index (χ2v) is 21.5. The van der Waals surface area contributed by atoms with Gasteiger partial charge in [-0.2, -0.15) is 0 Å². The Morgan fingerprint density at radius 2 is 0.732 bits per heavy atom. The van der Waals surface area contributed by atoms with E-state index >= 15 is 0 Å². The Morgan fingerprint density at radius 3 is 1.34 bits per heavy atom. The third-order valence-corrected chi connectivity index (χ3v) is 16.8. The third-order valence-electron chi connectivity index (χ3n) is 16.8. The molecule has 16 rings (SSSR count). The number of nitrogens with zero attached hydrogens (tertiary/aromatic N) is 4. The lowest BCUT2D eigenvalue weighted by Crippen LogP contribution is -2.03. The minimum Gasteiger partial charge on any atom is -0.292 e. The number of allylic oxidation sites excluding steroid dienone is 1. The zero-order chi connectivity index (χ0) is 54.1. The van der Waals surface area contributed by atoms with Gasteiger partial charge in [-0.15, -0.1) is 0 Å². The van der Waals surface area contributed by atoms with Crippen molar-refractivity contribution in [3.8, 4) is 78.7 Å². The van der Waals surface area contributed by atoms with Gasteiger partial charge in [0.1, 0.15) is 11.6 Å². The fourth-order valence-corrected chi connectivity index (χ4v) is 12.9. The van der Waals surface area contributed by atoms with Gasteiger partial charge in [0.25, 0.3) is 0 Å². The molecule has 0 fully saturated rings. The van der Waals surface area contributed by atoms with Gasteiger partial charge in [-0.1, -0.05) is 231 Å². The van der Waals surface area contributed by atoms with Crippen LogP contribution >= 0.6 is 0 Å². The van der Waals surface area contributed by atoms with Crippen molar-refractivity contribution in [1.29, 1.82) is 0 Å². The summed E-state index contributed by atoms with van der Waals surface area (Å²) in [5, 5.41) is 7.37. The SMILES string of the molecule is C1=C(c2c3cc(-c4ccc5c(c4)nc(-c4ccccc4)n5-c4ccccc4)ccc3c(-c3cccc4ccccc34)c3cc(-c4ccc(-c5ccc6c(c5)nc(-c5ccccc5)n6-c5ccccc5)cc4)ccc23)c2ccccc2CC1. The van der Waals surface area contributed by atoms with Crippen molar-refractivity contribution in [2.75, 3.05) is 0 Å². The lowest BCUT2D eigenvalue weighted by atomic mass is 9.79. The van der Waals surface area contributed by atoms with E-state index in [1.54, 1.807) is 0 Å². The molecule has 2 aromatic heterocycles. The number of imidazole rings is 2. The third kappa shape index (κ3) is 7.98. The van der Waals surface area contributed by atoms with Crippen molar-refractivity contribution in [2.24, 2.45) is 0 Å². The molecule has 0 bridgehead atoms. The molecule has 82 heavy (non-hydrogen) atoms. The van der Waals surface area contributed by atoms with E-state index in [0.717, 1.165) is 96.9 Å². The monoisotopic (exact) mass is 1040 g/mol. The summed E-state index contributed by atoms with van der Waals surface area (Å²) in [6, 6.07) is 104. The maximum atomic E-state index is 5.38. The Bertz CT molecular complexity index is 4990. The number of benzene rings is 13. The van der Waals surface area contributed by atoms with Gasteiger partial charge in [0, 0.05) is 22.5 Å². The van der Waals surface area contributed by atoms with E-state index in [1.807, 2.05) is 0 Å². The van der Waals surface area contributed by atoms with Crippen LogP contribution in [0.1, 0.15) is 23.1 Å². The summed E-state index contributed by atoms with van der Waals surface area (Å²) in [5.74, 6) is 1.85. The molecule has 4 nitrogen and oxygen atoms in total. The largest absolute Gasteiger partial charge is 0.292 e. The van der Waals surface area contributed by atoms with Gasteiger partial charge in [-0.05, 0) is 173 Å². The summed E-state index contributed by atoms with van der Waals surface area (Å²) >= 11 is 0. The smallest absolute Gasteiger partial charge is 0.145 e. The number of hydrogen-bond acceptors (Lipinski definition) is 2. The van der Waals surface area contributed by atoms with Crippen LogP contribution in [0.4, 0.5) is 0 Å². The van der Waals surface area contributed by atoms with Gasteiger partial charge in [-0.25, -0.2) is 9.97 Å². The Balaban J connectivity index is 0.875. The maximum absolute atomic E-state index is 5.38. The zero-order valence-electron chi connectivity index (χ0n) is 44.9. The summed E-state index contributed by atoms with van der Waals surface area (Å²) in [5.41, 5.74) is 23.0. The molecule has 1 aliphatic rings. The van der Waals surface area contributed by atoms with E-state index in [4.69, 9.17) is 9.97 Å². The van der Waals surface area contributed by atoms with E-state index in [-0.39, 0.29) is 0 Å². The standard InChI is InChI=1S/C78H52N4/c1-5-21-55(22-6-1)77-79-71-49-59(41-45-73(71)81(77)61-27-9-3-10-28-61)52-37-35-51(36-38-52)57-39-43-67-69(47-57)75(65-33-17-25-53-19-13-15-31-63(53)65)68-44-40-58(48-70(68)76(67)66-34-18-26-54-20-14-16-32-64(54)66)60-42-46-74-72(50-60)80-78(56-23-7-2-8-24-56)82(74)62-29-11-4-12-30-62/h1-17,19-25,27-50H,18,26H2. The molecule has 0 unspecified atom stereocenters. The Kier molecular flexibility index (Phi) is 11.3. The van der Waals surface area contributed by atoms with Crippen molar-refractivity contribution in [2.45, 2.75) is 12.8 Å². The van der Waals surface area contributed by atoms with E-state index in [1.165, 1.54) is 71.3 Å². The molecule has 0 aliphatic heterocycles. The Labute approximate surface area is 475 Å². The molecular formula is C78H52N4. The van der Waals surface area contributed by atoms with E-state index in [2.05, 4.69) is 300 Å². The Morgan fingerprint density at radius 1 is 0.293 bits per heavy atom. The second kappa shape index (κ2) is 19.6. The first-order chi connectivity index (χ1) is 40.7. The molecule has 2 heterocycles. The molecule has 0 N–H and O–H groups in total. The highest BCUT2D eigenvalue weighted by Crippen LogP contribution is 2.49. The first-order valence-corrected chi connectivity index (χ1v) is 28.4. The average Bonchev–Trinajstić information content (AvgIpc) is 4.18. The molecule has 0 spiro atoms. The van der Waals surface area contributed by atoms with Crippen LogP contribution in [0, 0.1) is 0 Å². The molecule has 4 heteroatoms. The van der Waals surface area contributed by atoms with Crippen molar-refractivity contribution >= 4 is 60.0 Å². The summed E-state index contributed by atoms with van der Waals surface area (Å²) in [4.78, 5) is 10.7. The molecule has 13 aromatic carbocycles. The Hall–Kier alpha value is -10.7. The van der Waals surface area contributed by atoms with Gasteiger partial charge < -0.3 is 0 Å². The predicted octanol–water partition coefficient (Wildman–Crippen LogP) is 20.2. The highest BCUT2D eigenvalue weighted by Gasteiger charge is 2.25. The molecule has 384 valence electrons. The van der Waals surface area contributed by atoms with Crippen molar-refractivity contribution in [3.05, 3.63) is 308 Å². The van der Waals surface area contributed by atoms with E-state index in [9.17, 15) is 0 Å². The fraction of sp³-hybridized carbons (Fsp3) is 0.0256. The van der Waals surface area contributed by atoms with Crippen LogP contribution in [0.25, 0.3) is 139 Å². The first-order valence-electron chi connectivity index (χ1n) is 28.4. The van der Waals surface area contributed by atoms with Crippen molar-refractivity contribution in [1.82, 2.24) is 19.1 Å². The predicted molar refractivity (Wildman–Crippen MR) is 343 cm³/mol. The van der Waals surface area contributed by atoms with Gasteiger partial charge in [0.05, 0.1) is 22.1 Å². The van der Waals surface area contributed by atoms with Crippen LogP contribution < -0.4 is 0 Å². The van der Waals surface area contributed by atoms with E-state index in [0.29, 0.717) is 0 Å². The lowest BCUT2D eigenvalue weighted by molar-refractivity contribution is 0.978. The normalized spacial score (nSPS) is 12.4. The van der Waals surface area contributed by atoms with Crippen LogP contribution in [0.5, 0.6) is 0 Å². The van der Waals surface area contributed by atoms with Gasteiger partial charge in [0.2, 0.25) is 0 Å². The molecule has 0 atom stereocenters. The minimum atomic E-state index is 0.923. The maximum Gasteiger partial charge on any atom is 0.145 e. The van der Waals surface area contributed by atoms with Crippen molar-refractivity contribution in [3.63, 3.8) is 0 Å². The average molecular weight is 1050 g/mol. The van der Waals surface area contributed by atoms with Gasteiger partial charge in [0.15, 0.2) is 0 Å². The number of fused-ring (bicyclic) bond motifs is 6. The van der Waals surface area contributed by atoms with Crippen LogP contribution in [0.3, 0.4) is 0 Å². The molecule has 0 amide bonds. The number of hydrogen-bond donors (Lipinski definition) is 0. The molecule has 0 saturated carbocycles. The highest BCUT2D eigenvalue weighted by molar-refractivity contribution is 6.23. The minimum absolute atomic E-state index is 0.923. The second-order valence-electron chi connectivity index (χ2n) is 21.5. The topological polar surface area (TPSA) is 35.6 Å². The van der Waals surface area contributed by atoms with Crippen LogP contribution in [-0.2, 0) is 6.42 Å². The number of aromatic nitrogens is 4. The molecular weight excluding hydrogens is 993 g/mol. The zero-order valence-corrected chi connectivity index (χ0v) is 44.9. The molecule has 0 radical (unpaired) electrons. The number of aryl methyl sites for hydroxylation is 1. The number of para-hydroxylation sites is 2. The lowest BCUT2D eigenvalue weighted by Gasteiger charge is -2.24. The summed E-state index contributed by atoms with van der Waals surface area (Å²) in [6.07, 6.45) is 4.49. The van der Waals surface area contributed by atoms with Crippen molar-refractivity contribution < 1.29 is 0 Å². The summed E-state index contributed by atoms with van der Waals surface area (Å²) < 4.78 is 4.56. The van der Waals surface area contributed by atoms with Crippen LogP contribution in [0.2, 0.25) is 0 Å². The molecule has 1 aliphatic carbocycles. The number of rotatable bonds is 9. The highest BCUT2D eigenvalue weighted by atomic mass is 15.1. The van der Waals surface area contributed by atoms with Crippen LogP contribution in [-0.4, -0.2) is 19.1 Å². The quantitative estimate of drug-likeness (QED) is 0.135. The van der Waals surface area contributed by atoms with E-state index < -0.39 is 0 Å². The summed E-state index contributed by atoms with van der Waals surface area (Å²) in [6.45, 7) is 0. The van der Waals surface area contributed by atoms with Gasteiger partial charge >= 0.3 is 0 Å². The summed E-state index contributed by atoms with van der Waals surface area (Å²) in [7, 11) is 0. The first kappa shape index (κ1) is 47.3. The fourth-order valence-electron chi connectivity index (χ4n) is 12.9. The van der Waals surface area contributed by atoms with Crippen LogP contribution in [0.15, 0.2) is 291 Å².